The number of anilines is 6. The summed E-state index contributed by atoms with van der Waals surface area (Å²) in [6.07, 6.45) is 0. The van der Waals surface area contributed by atoms with E-state index in [9.17, 15) is 0 Å². The SMILES string of the molecule is Cc1cc(C)cc(NC(C)C)c1.Cc1cc(C)cc(NC(C)C)c1.Cc1cc(C)cc(NC(C)C)c1.Cc1cc(C)cc(NC(C)C)c1.Cc1cc(C)cc(NC(C)C)c1.Cc1cc(C)cc(NC(C)C)c1.[Mo]#[C]/C(=C(/[C]#[Mo])c1ccccc1)c1ccccc1. The van der Waals surface area contributed by atoms with E-state index in [2.05, 4.69) is 340 Å². The van der Waals surface area contributed by atoms with Crippen molar-refractivity contribution in [3.05, 3.63) is 248 Å². The van der Waals surface area contributed by atoms with E-state index in [4.69, 9.17) is 0 Å². The molecule has 8 aromatic carbocycles. The summed E-state index contributed by atoms with van der Waals surface area (Å²) in [5.41, 5.74) is 27.7. The van der Waals surface area contributed by atoms with Crippen LogP contribution in [0.3, 0.4) is 0 Å². The Labute approximate surface area is 569 Å². The summed E-state index contributed by atoms with van der Waals surface area (Å²) in [6, 6.07) is 62.9. The molecule has 0 saturated heterocycles. The second-order valence-electron chi connectivity index (χ2n) is 25.7. The van der Waals surface area contributed by atoms with Crippen LogP contribution in [-0.4, -0.2) is 36.3 Å². The van der Waals surface area contributed by atoms with E-state index in [0.29, 0.717) is 36.3 Å². The van der Waals surface area contributed by atoms with Crippen molar-refractivity contribution in [1.29, 1.82) is 0 Å². The van der Waals surface area contributed by atoms with Gasteiger partial charge in [-0.3, -0.25) is 0 Å². The summed E-state index contributed by atoms with van der Waals surface area (Å²) >= 11 is 3.75. The van der Waals surface area contributed by atoms with Gasteiger partial charge in [-0.05, 0) is 306 Å². The van der Waals surface area contributed by atoms with E-state index in [-0.39, 0.29) is 0 Å². The fraction of sp³-hybridized carbons (Fsp3) is 0.366. The van der Waals surface area contributed by atoms with E-state index in [1.807, 2.05) is 74.7 Å². The van der Waals surface area contributed by atoms with Gasteiger partial charge in [-0.25, -0.2) is 0 Å². The summed E-state index contributed by atoms with van der Waals surface area (Å²) in [5, 5.41) is 20.3. The molecule has 0 bridgehead atoms. The molecule has 8 aromatic rings. The topological polar surface area (TPSA) is 72.2 Å². The Morgan fingerprint density at radius 2 is 0.367 bits per heavy atom. The quantitative estimate of drug-likeness (QED) is 0.0482. The first-order valence-corrected chi connectivity index (χ1v) is 34.0. The molecule has 0 aromatic heterocycles. The number of benzene rings is 8. The van der Waals surface area contributed by atoms with Crippen LogP contribution in [0.25, 0.3) is 11.1 Å². The standard InChI is InChI=1S/C16H10.6C11H17N.2Mo/c1-13(15-9-5-3-6-10-15)14(2)16-11-7-4-8-12-16;6*1-8(2)12-11-6-9(3)5-10(4)7-11;;/h3-12H;6*5-8,12H,1-4H3;;/b14-13+;;;;;;;;. The maximum absolute atomic E-state index is 3.39. The van der Waals surface area contributed by atoms with Crippen molar-refractivity contribution in [3.63, 3.8) is 0 Å². The number of hydrogen-bond donors (Lipinski definition) is 6. The molecule has 0 aliphatic heterocycles. The molecule has 0 amide bonds. The molecule has 0 aliphatic rings. The zero-order valence-corrected chi connectivity index (χ0v) is 63.5. The molecule has 6 N–H and O–H groups in total. The summed E-state index contributed by atoms with van der Waals surface area (Å²) in [7, 11) is 0. The molecule has 90 heavy (non-hydrogen) atoms. The van der Waals surface area contributed by atoms with Gasteiger partial charge in [0, 0.05) is 70.4 Å². The van der Waals surface area contributed by atoms with Crippen molar-refractivity contribution in [2.75, 3.05) is 31.9 Å². The Morgan fingerprint density at radius 3 is 0.478 bits per heavy atom. The van der Waals surface area contributed by atoms with Crippen molar-refractivity contribution in [2.45, 2.75) is 202 Å². The van der Waals surface area contributed by atoms with Gasteiger partial charge in [-0.15, -0.1) is 0 Å². The molecule has 0 saturated carbocycles. The van der Waals surface area contributed by atoms with Crippen molar-refractivity contribution in [1.82, 2.24) is 0 Å². The molecule has 0 aliphatic carbocycles. The maximum atomic E-state index is 3.39. The zero-order valence-electron chi connectivity index (χ0n) is 59.4. The average molecular weight is 1370 g/mol. The van der Waals surface area contributed by atoms with Gasteiger partial charge >= 0.3 is 130 Å². The normalized spacial score (nSPS) is 10.5. The first-order valence-electron chi connectivity index (χ1n) is 32.0. The average Bonchev–Trinajstić information content (AvgIpc) is 2.95. The van der Waals surface area contributed by atoms with Gasteiger partial charge in [0.15, 0.2) is 0 Å². The van der Waals surface area contributed by atoms with Crippen LogP contribution in [0.2, 0.25) is 0 Å². The first kappa shape index (κ1) is 79.3. The van der Waals surface area contributed by atoms with E-state index in [0.717, 1.165) is 11.1 Å². The van der Waals surface area contributed by atoms with Crippen LogP contribution in [-0.2, 0) is 38.3 Å². The van der Waals surface area contributed by atoms with Crippen molar-refractivity contribution >= 4 is 45.3 Å². The minimum atomic E-state index is 0.506. The van der Waals surface area contributed by atoms with Gasteiger partial charge in [0.2, 0.25) is 0 Å². The summed E-state index contributed by atoms with van der Waals surface area (Å²) in [6.45, 7) is 51.3. The summed E-state index contributed by atoms with van der Waals surface area (Å²) in [4.78, 5) is 0. The third-order valence-electron chi connectivity index (χ3n) is 12.6. The van der Waals surface area contributed by atoms with Crippen LogP contribution >= 0.6 is 0 Å². The number of rotatable bonds is 14. The van der Waals surface area contributed by atoms with Gasteiger partial charge in [-0.1, -0.05) is 36.4 Å². The Bertz CT molecular complexity index is 2880. The van der Waals surface area contributed by atoms with Crippen LogP contribution < -0.4 is 31.9 Å². The second kappa shape index (κ2) is 42.3. The predicted molar refractivity (Wildman–Crippen MR) is 396 cm³/mol. The Kier molecular flexibility index (Phi) is 37.3. The fourth-order valence-corrected chi connectivity index (χ4v) is 11.1. The first-order chi connectivity index (χ1) is 42.3. The molecule has 0 fully saturated rings. The number of hydrogen-bond acceptors (Lipinski definition) is 6. The molecule has 6 nitrogen and oxygen atoms in total. The molecule has 0 spiro atoms. The molecular formula is C82H112Mo2N6. The van der Waals surface area contributed by atoms with Gasteiger partial charge in [0.25, 0.3) is 0 Å². The number of nitrogens with one attached hydrogen (secondary N) is 6. The third kappa shape index (κ3) is 35.6. The monoisotopic (exact) mass is 1380 g/mol. The molecule has 0 atom stereocenters. The van der Waals surface area contributed by atoms with Gasteiger partial charge < -0.3 is 31.9 Å². The Hall–Kier alpha value is -6.76. The summed E-state index contributed by atoms with van der Waals surface area (Å²) in [5.74, 6) is 0. The van der Waals surface area contributed by atoms with Crippen molar-refractivity contribution in [3.8, 4) is 8.40 Å². The van der Waals surface area contributed by atoms with Crippen LogP contribution in [0.15, 0.2) is 170 Å². The van der Waals surface area contributed by atoms with Crippen LogP contribution in [0.4, 0.5) is 34.1 Å². The van der Waals surface area contributed by atoms with Gasteiger partial charge in [-0.2, -0.15) is 0 Å². The number of aryl methyl sites for hydroxylation is 12. The molecule has 0 heterocycles. The molecule has 0 radical (unpaired) electrons. The minimum absolute atomic E-state index is 0.506. The van der Waals surface area contributed by atoms with Gasteiger partial charge in [0.1, 0.15) is 0 Å². The van der Waals surface area contributed by atoms with E-state index >= 15 is 0 Å². The third-order valence-corrected chi connectivity index (χ3v) is 13.6. The van der Waals surface area contributed by atoms with E-state index in [1.54, 1.807) is 0 Å². The van der Waals surface area contributed by atoms with E-state index in [1.165, 1.54) is 112 Å². The van der Waals surface area contributed by atoms with Crippen molar-refractivity contribution < 1.29 is 38.3 Å². The molecular weight excluding hydrogens is 1260 g/mol. The molecule has 0 unspecified atom stereocenters. The fourth-order valence-electron chi connectivity index (χ4n) is 10.1. The van der Waals surface area contributed by atoms with Crippen LogP contribution in [0.5, 0.6) is 0 Å². The van der Waals surface area contributed by atoms with Crippen molar-refractivity contribution in [2.24, 2.45) is 0 Å². The second-order valence-corrected chi connectivity index (χ2v) is 26.7. The van der Waals surface area contributed by atoms with Crippen LogP contribution in [0, 0.1) is 91.5 Å². The molecule has 8 heteroatoms. The zero-order chi connectivity index (χ0) is 67.6. The predicted octanol–water partition coefficient (Wildman–Crippen LogP) is 22.4. The Balaban J connectivity index is 0.000000360. The van der Waals surface area contributed by atoms with E-state index < -0.39 is 0 Å². The molecule has 8 rings (SSSR count). The Morgan fingerprint density at radius 1 is 0.233 bits per heavy atom. The summed E-state index contributed by atoms with van der Waals surface area (Å²) < 4.78 is 6.59. The van der Waals surface area contributed by atoms with Crippen LogP contribution in [0.1, 0.15) is 161 Å². The molecule has 482 valence electrons. The number of allylic oxidation sites excluding steroid dienone is 2. The van der Waals surface area contributed by atoms with Gasteiger partial charge in [0.05, 0.1) is 0 Å².